The maximum atomic E-state index is 3.96. The third-order valence-electron chi connectivity index (χ3n) is 0.798. The number of likely N-dealkylation sites (N-methyl/N-ethyl adjacent to an activating group) is 1. The first kappa shape index (κ1) is 8.37. The molecule has 0 saturated carbocycles. The summed E-state index contributed by atoms with van der Waals surface area (Å²) in [7, 11) is 1.81. The lowest BCUT2D eigenvalue weighted by molar-refractivity contribution is 1.04. The van der Waals surface area contributed by atoms with E-state index in [1.165, 1.54) is 0 Å². The average Bonchev–Trinajstić information content (AvgIpc) is 1.83. The largest absolute Gasteiger partial charge is 0.389 e. The molecule has 0 radical (unpaired) electrons. The molecule has 0 heterocycles. The van der Waals surface area contributed by atoms with Crippen LogP contribution in [0.25, 0.3) is 0 Å². The van der Waals surface area contributed by atoms with Crippen molar-refractivity contribution in [2.45, 2.75) is 0 Å². The molecule has 0 aromatic rings. The molecule has 0 aromatic carbocycles. The van der Waals surface area contributed by atoms with Crippen LogP contribution in [0.3, 0.4) is 0 Å². The third kappa shape index (κ3) is 5.24. The van der Waals surface area contributed by atoms with E-state index in [-0.39, 0.29) is 0 Å². The van der Waals surface area contributed by atoms with Crippen molar-refractivity contribution in [3.05, 3.63) is 35.9 Å². The van der Waals surface area contributed by atoms with Crippen molar-refractivity contribution in [3.8, 4) is 0 Å². The molecular weight excluding hydrogens is 130 g/mol. The molecule has 0 aliphatic rings. The Balaban J connectivity index is 3.71. The topological polar surface area (TPSA) is 12.0 Å². The predicted molar refractivity (Wildman–Crippen MR) is 45.5 cm³/mol. The second-order valence-corrected chi connectivity index (χ2v) is 2.17. The van der Waals surface area contributed by atoms with Gasteiger partial charge >= 0.3 is 0 Å². The van der Waals surface area contributed by atoms with Gasteiger partial charge in [0.25, 0.3) is 0 Å². The Bertz CT molecular complexity index is 147. The van der Waals surface area contributed by atoms with Gasteiger partial charge in [0.15, 0.2) is 0 Å². The van der Waals surface area contributed by atoms with Crippen molar-refractivity contribution >= 4 is 12.6 Å². The second-order valence-electron chi connectivity index (χ2n) is 1.60. The molecule has 0 amide bonds. The Morgan fingerprint density at radius 2 is 2.00 bits per heavy atom. The number of nitrogens with one attached hydrogen (secondary N) is 1. The van der Waals surface area contributed by atoms with Crippen LogP contribution < -0.4 is 5.32 Å². The van der Waals surface area contributed by atoms with E-state index >= 15 is 0 Å². The molecule has 0 aliphatic heterocycles. The standard InChI is InChI=1S/C7H11NS/c1-6(8-3)4-5-7(2)9/h4-5,8-9H,1-2H2,3H3/b5-4-. The summed E-state index contributed by atoms with van der Waals surface area (Å²) < 4.78 is 0. The molecule has 0 atom stereocenters. The zero-order valence-corrected chi connectivity index (χ0v) is 6.41. The van der Waals surface area contributed by atoms with E-state index in [4.69, 9.17) is 0 Å². The molecule has 0 spiro atoms. The number of rotatable bonds is 3. The van der Waals surface area contributed by atoms with E-state index in [2.05, 4.69) is 31.1 Å². The zero-order valence-electron chi connectivity index (χ0n) is 5.52. The van der Waals surface area contributed by atoms with Crippen LogP contribution in [0.5, 0.6) is 0 Å². The minimum Gasteiger partial charge on any atom is -0.389 e. The Labute approximate surface area is 61.6 Å². The summed E-state index contributed by atoms with van der Waals surface area (Å²) >= 11 is 3.96. The Morgan fingerprint density at radius 1 is 1.44 bits per heavy atom. The summed E-state index contributed by atoms with van der Waals surface area (Å²) in [5.74, 6) is 0. The van der Waals surface area contributed by atoms with Crippen LogP contribution in [0.1, 0.15) is 0 Å². The highest BCUT2D eigenvalue weighted by molar-refractivity contribution is 7.84. The molecule has 0 aromatic heterocycles. The van der Waals surface area contributed by atoms with E-state index in [1.54, 1.807) is 6.08 Å². The minimum absolute atomic E-state index is 0.728. The van der Waals surface area contributed by atoms with E-state index < -0.39 is 0 Å². The average molecular weight is 141 g/mol. The molecule has 50 valence electrons. The predicted octanol–water partition coefficient (Wildman–Crippen LogP) is 1.72. The molecule has 9 heavy (non-hydrogen) atoms. The highest BCUT2D eigenvalue weighted by atomic mass is 32.1. The van der Waals surface area contributed by atoms with Crippen molar-refractivity contribution in [1.29, 1.82) is 0 Å². The van der Waals surface area contributed by atoms with Crippen LogP contribution in [0.4, 0.5) is 0 Å². The van der Waals surface area contributed by atoms with Gasteiger partial charge in [0.2, 0.25) is 0 Å². The van der Waals surface area contributed by atoms with Crippen LogP contribution in [-0.4, -0.2) is 7.05 Å². The van der Waals surface area contributed by atoms with E-state index in [1.807, 2.05) is 13.1 Å². The lowest BCUT2D eigenvalue weighted by atomic mass is 10.4. The first-order valence-corrected chi connectivity index (χ1v) is 3.04. The highest BCUT2D eigenvalue weighted by Crippen LogP contribution is 1.98. The van der Waals surface area contributed by atoms with Crippen LogP contribution in [0.2, 0.25) is 0 Å². The quantitative estimate of drug-likeness (QED) is 0.450. The van der Waals surface area contributed by atoms with E-state index in [0.29, 0.717) is 0 Å². The summed E-state index contributed by atoms with van der Waals surface area (Å²) in [5, 5.41) is 2.86. The molecule has 2 heteroatoms. The fourth-order valence-electron chi connectivity index (χ4n) is 0.280. The molecule has 0 saturated heterocycles. The van der Waals surface area contributed by atoms with Gasteiger partial charge in [-0.15, -0.1) is 12.6 Å². The molecule has 1 N–H and O–H groups in total. The first-order valence-electron chi connectivity index (χ1n) is 2.59. The molecule has 0 bridgehead atoms. The molecule has 0 unspecified atom stereocenters. The molecule has 0 aliphatic carbocycles. The molecule has 0 fully saturated rings. The maximum Gasteiger partial charge on any atom is 0.0264 e. The van der Waals surface area contributed by atoms with Crippen LogP contribution in [0.15, 0.2) is 35.9 Å². The van der Waals surface area contributed by atoms with Crippen molar-refractivity contribution in [1.82, 2.24) is 5.32 Å². The van der Waals surface area contributed by atoms with Gasteiger partial charge < -0.3 is 5.32 Å². The lowest BCUT2D eigenvalue weighted by Gasteiger charge is -1.93. The van der Waals surface area contributed by atoms with Crippen LogP contribution >= 0.6 is 12.6 Å². The lowest BCUT2D eigenvalue weighted by Crippen LogP contribution is -2.00. The van der Waals surface area contributed by atoms with E-state index in [9.17, 15) is 0 Å². The van der Waals surface area contributed by atoms with Gasteiger partial charge in [0.1, 0.15) is 0 Å². The van der Waals surface area contributed by atoms with Crippen LogP contribution in [-0.2, 0) is 0 Å². The third-order valence-corrected chi connectivity index (χ3v) is 0.947. The SMILES string of the molecule is C=C(S)/C=C\C(=C)NC. The van der Waals surface area contributed by atoms with Crippen molar-refractivity contribution in [2.75, 3.05) is 7.05 Å². The fourth-order valence-corrected chi connectivity index (χ4v) is 0.355. The van der Waals surface area contributed by atoms with Gasteiger partial charge in [0, 0.05) is 12.7 Å². The summed E-state index contributed by atoms with van der Waals surface area (Å²) in [5.41, 5.74) is 0.852. The smallest absolute Gasteiger partial charge is 0.0264 e. The van der Waals surface area contributed by atoms with Crippen molar-refractivity contribution < 1.29 is 0 Å². The highest BCUT2D eigenvalue weighted by Gasteiger charge is 1.78. The summed E-state index contributed by atoms with van der Waals surface area (Å²) in [6.07, 6.45) is 3.59. The second kappa shape index (κ2) is 4.27. The summed E-state index contributed by atoms with van der Waals surface area (Å²) in [6.45, 7) is 7.24. The van der Waals surface area contributed by atoms with Gasteiger partial charge in [-0.25, -0.2) is 0 Å². The first-order chi connectivity index (χ1) is 4.16. The van der Waals surface area contributed by atoms with Crippen molar-refractivity contribution in [3.63, 3.8) is 0 Å². The van der Waals surface area contributed by atoms with E-state index in [0.717, 1.165) is 10.6 Å². The van der Waals surface area contributed by atoms with Gasteiger partial charge in [-0.05, 0) is 17.1 Å². The Kier molecular flexibility index (Phi) is 3.97. The minimum atomic E-state index is 0.728. The maximum absolute atomic E-state index is 3.96. The monoisotopic (exact) mass is 141 g/mol. The summed E-state index contributed by atoms with van der Waals surface area (Å²) in [6, 6.07) is 0. The van der Waals surface area contributed by atoms with Gasteiger partial charge in [0.05, 0.1) is 0 Å². The summed E-state index contributed by atoms with van der Waals surface area (Å²) in [4.78, 5) is 0.728. The fraction of sp³-hybridized carbons (Fsp3) is 0.143. The molecular formula is C7H11NS. The number of hydrogen-bond donors (Lipinski definition) is 2. The molecule has 0 rings (SSSR count). The Morgan fingerprint density at radius 3 is 2.33 bits per heavy atom. The normalized spacial score (nSPS) is 9.56. The van der Waals surface area contributed by atoms with Crippen LogP contribution in [0, 0.1) is 0 Å². The number of allylic oxidation sites excluding steroid dienone is 2. The molecule has 1 nitrogen and oxygen atoms in total. The zero-order chi connectivity index (χ0) is 7.28. The Hall–Kier alpha value is -0.630. The van der Waals surface area contributed by atoms with Crippen molar-refractivity contribution in [2.24, 2.45) is 0 Å². The number of thiol groups is 1. The van der Waals surface area contributed by atoms with Gasteiger partial charge in [-0.3, -0.25) is 0 Å². The number of hydrogen-bond acceptors (Lipinski definition) is 2. The van der Waals surface area contributed by atoms with Gasteiger partial charge in [-0.2, -0.15) is 0 Å². The van der Waals surface area contributed by atoms with Gasteiger partial charge in [-0.1, -0.05) is 13.2 Å².